The number of anilines is 3. The van der Waals surface area contributed by atoms with Crippen molar-refractivity contribution >= 4 is 38.9 Å². The minimum Gasteiger partial charge on any atom is -0.311 e. The summed E-state index contributed by atoms with van der Waals surface area (Å²) >= 11 is 0. The molecule has 1 aromatic heterocycles. The largest absolute Gasteiger partial charge is 0.311 e. The predicted octanol–water partition coefficient (Wildman–Crippen LogP) is 14.9. The molecular formula is C54H38N2. The van der Waals surface area contributed by atoms with Crippen LogP contribution >= 0.6 is 0 Å². The van der Waals surface area contributed by atoms with Crippen LogP contribution in [0.15, 0.2) is 230 Å². The van der Waals surface area contributed by atoms with Gasteiger partial charge in [0, 0.05) is 33.5 Å². The normalized spacial score (nSPS) is 12.5. The fourth-order valence-electron chi connectivity index (χ4n) is 7.87. The standard InChI is InChI=1S/C54H38N2/c1-5-17-39(18-6-1)43-35-44(40-19-7-2-8-20-40)37-48(36-43)56-53-28-16-15-27-51(53)52-34-31-42(38-54(52)56)50-26-14-13-25-49(50)41-29-32-47(33-30-41)55(45-21-9-3-10-22-45)46-23-11-4-12-24-46/h1-38H/i3D,9D,10D,21D,22D. The average molecular weight is 720 g/mol. The molecule has 0 unspecified atom stereocenters. The van der Waals surface area contributed by atoms with E-state index in [-0.39, 0.29) is 29.9 Å². The van der Waals surface area contributed by atoms with Crippen molar-refractivity contribution in [3.8, 4) is 50.2 Å². The Bertz CT molecular complexity index is 3150. The lowest BCUT2D eigenvalue weighted by molar-refractivity contribution is 1.18. The third-order valence-corrected chi connectivity index (χ3v) is 10.5. The molecule has 0 saturated heterocycles. The summed E-state index contributed by atoms with van der Waals surface area (Å²) in [6.07, 6.45) is 0. The first-order valence-corrected chi connectivity index (χ1v) is 18.8. The van der Waals surface area contributed by atoms with Gasteiger partial charge in [0.05, 0.1) is 17.9 Å². The fraction of sp³-hybridized carbons (Fsp3) is 0. The molecule has 2 nitrogen and oxygen atoms in total. The SMILES string of the molecule is [2H]c1c([2H])c([2H])c(N(c2ccccc2)c2ccc(-c3ccccc3-c3ccc4c5ccccc5n(-c5cc(-c6ccccc6)cc(-c6ccccc6)c5)c4c3)cc2)c([2H])c1[2H]. The van der Waals surface area contributed by atoms with Crippen LogP contribution in [0.4, 0.5) is 17.1 Å². The summed E-state index contributed by atoms with van der Waals surface area (Å²) in [7, 11) is 0. The fourth-order valence-corrected chi connectivity index (χ4v) is 7.87. The van der Waals surface area contributed by atoms with E-state index in [0.717, 1.165) is 61.2 Å². The number of fused-ring (bicyclic) bond motifs is 3. The predicted molar refractivity (Wildman–Crippen MR) is 237 cm³/mol. The molecule has 0 saturated carbocycles. The smallest absolute Gasteiger partial charge is 0.0645 e. The van der Waals surface area contributed by atoms with Crippen molar-refractivity contribution < 1.29 is 6.85 Å². The summed E-state index contributed by atoms with van der Waals surface area (Å²) < 4.78 is 45.0. The zero-order valence-corrected chi connectivity index (χ0v) is 30.4. The maximum atomic E-state index is 8.81. The Morgan fingerprint density at radius 1 is 0.339 bits per heavy atom. The molecule has 10 rings (SSSR count). The van der Waals surface area contributed by atoms with Gasteiger partial charge in [-0.05, 0) is 111 Å². The molecule has 0 N–H and O–H groups in total. The van der Waals surface area contributed by atoms with Gasteiger partial charge in [-0.1, -0.05) is 164 Å². The Labute approximate surface area is 334 Å². The van der Waals surface area contributed by atoms with E-state index < -0.39 is 6.04 Å². The quantitative estimate of drug-likeness (QED) is 0.152. The molecule has 1 heterocycles. The molecule has 2 heteroatoms. The summed E-state index contributed by atoms with van der Waals surface area (Å²) in [5.74, 6) is 0. The van der Waals surface area contributed by atoms with E-state index >= 15 is 0 Å². The van der Waals surface area contributed by atoms with Crippen molar-refractivity contribution in [1.82, 2.24) is 4.57 Å². The van der Waals surface area contributed by atoms with E-state index in [1.54, 1.807) is 4.90 Å². The van der Waals surface area contributed by atoms with E-state index in [4.69, 9.17) is 6.85 Å². The molecule has 0 atom stereocenters. The first-order valence-electron chi connectivity index (χ1n) is 21.3. The minimum atomic E-state index is -0.421. The van der Waals surface area contributed by atoms with Gasteiger partial charge in [-0.25, -0.2) is 0 Å². The van der Waals surface area contributed by atoms with Crippen molar-refractivity contribution in [3.63, 3.8) is 0 Å². The highest BCUT2D eigenvalue weighted by Crippen LogP contribution is 2.41. The Hall–Kier alpha value is -7.42. The van der Waals surface area contributed by atoms with Gasteiger partial charge >= 0.3 is 0 Å². The zero-order chi connectivity index (χ0) is 41.6. The summed E-state index contributed by atoms with van der Waals surface area (Å²) in [5, 5.41) is 2.35. The topological polar surface area (TPSA) is 8.17 Å². The second-order valence-corrected chi connectivity index (χ2v) is 13.8. The van der Waals surface area contributed by atoms with Gasteiger partial charge in [-0.2, -0.15) is 0 Å². The molecular weight excluding hydrogens is 677 g/mol. The lowest BCUT2D eigenvalue weighted by Gasteiger charge is -2.25. The summed E-state index contributed by atoms with van der Waals surface area (Å²) in [6.45, 7) is 0. The van der Waals surface area contributed by atoms with Gasteiger partial charge in [0.1, 0.15) is 0 Å². The van der Waals surface area contributed by atoms with E-state index in [0.29, 0.717) is 11.4 Å². The maximum Gasteiger partial charge on any atom is 0.0645 e. The van der Waals surface area contributed by atoms with E-state index in [2.05, 4.69) is 144 Å². The molecule has 0 aliphatic heterocycles. The molecule has 0 spiro atoms. The average Bonchev–Trinajstić information content (AvgIpc) is 3.66. The van der Waals surface area contributed by atoms with Gasteiger partial charge in [-0.15, -0.1) is 0 Å². The van der Waals surface area contributed by atoms with Gasteiger partial charge in [0.15, 0.2) is 0 Å². The molecule has 0 aliphatic carbocycles. The first kappa shape index (κ1) is 28.1. The number of hydrogen-bond acceptors (Lipinski definition) is 1. The highest BCUT2D eigenvalue weighted by atomic mass is 15.1. The van der Waals surface area contributed by atoms with Crippen LogP contribution in [0, 0.1) is 0 Å². The van der Waals surface area contributed by atoms with Crippen LogP contribution in [-0.2, 0) is 0 Å². The van der Waals surface area contributed by atoms with Crippen LogP contribution in [0.2, 0.25) is 0 Å². The van der Waals surface area contributed by atoms with Crippen LogP contribution in [0.5, 0.6) is 0 Å². The van der Waals surface area contributed by atoms with Crippen molar-refractivity contribution in [3.05, 3.63) is 230 Å². The molecule has 0 amide bonds. The lowest BCUT2D eigenvalue weighted by Crippen LogP contribution is -2.09. The molecule has 0 aliphatic rings. The number of hydrogen-bond donors (Lipinski definition) is 0. The third kappa shape index (κ3) is 6.14. The van der Waals surface area contributed by atoms with Crippen LogP contribution in [-0.4, -0.2) is 4.57 Å². The van der Waals surface area contributed by atoms with Gasteiger partial charge < -0.3 is 9.47 Å². The van der Waals surface area contributed by atoms with Crippen molar-refractivity contribution in [2.75, 3.05) is 4.90 Å². The second-order valence-electron chi connectivity index (χ2n) is 13.8. The summed E-state index contributed by atoms with van der Waals surface area (Å²) in [5.41, 5.74) is 13.5. The number of aromatic nitrogens is 1. The van der Waals surface area contributed by atoms with Crippen LogP contribution in [0.1, 0.15) is 6.85 Å². The molecule has 10 aromatic rings. The molecule has 56 heavy (non-hydrogen) atoms. The van der Waals surface area contributed by atoms with Crippen LogP contribution in [0.25, 0.3) is 72.0 Å². The highest BCUT2D eigenvalue weighted by molar-refractivity contribution is 6.10. The molecule has 0 bridgehead atoms. The van der Waals surface area contributed by atoms with Crippen LogP contribution in [0.3, 0.4) is 0 Å². The number of benzene rings is 9. The van der Waals surface area contributed by atoms with Crippen molar-refractivity contribution in [2.45, 2.75) is 0 Å². The Balaban J connectivity index is 1.11. The molecule has 0 radical (unpaired) electrons. The number of nitrogens with zero attached hydrogens (tertiary/aromatic N) is 2. The van der Waals surface area contributed by atoms with E-state index in [9.17, 15) is 0 Å². The summed E-state index contributed by atoms with van der Waals surface area (Å²) in [6, 6.07) is 67.4. The third-order valence-electron chi connectivity index (χ3n) is 10.5. The molecule has 0 fully saturated rings. The zero-order valence-electron chi connectivity index (χ0n) is 35.4. The van der Waals surface area contributed by atoms with Crippen molar-refractivity contribution in [1.29, 1.82) is 0 Å². The Morgan fingerprint density at radius 3 is 1.52 bits per heavy atom. The minimum absolute atomic E-state index is 0.0965. The van der Waals surface area contributed by atoms with Gasteiger partial charge in [-0.3, -0.25) is 0 Å². The molecule has 9 aromatic carbocycles. The van der Waals surface area contributed by atoms with Crippen molar-refractivity contribution in [2.24, 2.45) is 0 Å². The van der Waals surface area contributed by atoms with Gasteiger partial charge in [0.25, 0.3) is 0 Å². The highest BCUT2D eigenvalue weighted by Gasteiger charge is 2.17. The molecule has 264 valence electrons. The second kappa shape index (κ2) is 14.4. The number of rotatable bonds is 8. The Morgan fingerprint density at radius 2 is 0.857 bits per heavy atom. The first-order chi connectivity index (χ1) is 29.9. The van der Waals surface area contributed by atoms with Gasteiger partial charge in [0.2, 0.25) is 0 Å². The Kier molecular flexibility index (Phi) is 7.24. The van der Waals surface area contributed by atoms with E-state index in [1.165, 1.54) is 10.8 Å². The lowest BCUT2D eigenvalue weighted by atomic mass is 9.93. The van der Waals surface area contributed by atoms with Crippen LogP contribution < -0.4 is 4.90 Å². The monoisotopic (exact) mass is 719 g/mol. The number of para-hydroxylation sites is 3. The van der Waals surface area contributed by atoms with E-state index in [1.807, 2.05) is 60.7 Å². The maximum absolute atomic E-state index is 8.81. The summed E-state index contributed by atoms with van der Waals surface area (Å²) in [4.78, 5) is 1.73.